The van der Waals surface area contributed by atoms with E-state index in [2.05, 4.69) is 18.2 Å². The summed E-state index contributed by atoms with van der Waals surface area (Å²) in [7, 11) is 0. The van der Waals surface area contributed by atoms with Crippen LogP contribution in [-0.4, -0.2) is 5.78 Å². The van der Waals surface area contributed by atoms with Gasteiger partial charge in [-0.05, 0) is 36.5 Å². The minimum Gasteiger partial charge on any atom is -0.489 e. The maximum Gasteiger partial charge on any atom is 0.136 e. The standard InChI is InChI=1S/C20H22O2/c21-19-12-6-4-10-17(19)14-18-11-5-7-13-20(18)22-15-16-8-2-1-3-9-16/h1-3,5,7-9,11,13,17H,4,6,10,12,14-15H2. The molecule has 114 valence electrons. The molecule has 0 aromatic heterocycles. The second-order valence-corrected chi connectivity index (χ2v) is 6.00. The summed E-state index contributed by atoms with van der Waals surface area (Å²) in [5.74, 6) is 1.50. The molecule has 1 fully saturated rings. The average Bonchev–Trinajstić information content (AvgIpc) is 2.57. The Balaban J connectivity index is 1.68. The Hall–Kier alpha value is -2.09. The van der Waals surface area contributed by atoms with Crippen molar-refractivity contribution >= 4 is 5.78 Å². The van der Waals surface area contributed by atoms with Crippen LogP contribution in [0.15, 0.2) is 54.6 Å². The Morgan fingerprint density at radius 1 is 0.955 bits per heavy atom. The van der Waals surface area contributed by atoms with E-state index >= 15 is 0 Å². The summed E-state index contributed by atoms with van der Waals surface area (Å²) in [4.78, 5) is 12.0. The van der Waals surface area contributed by atoms with Crippen LogP contribution in [0.2, 0.25) is 0 Å². The molecule has 0 saturated heterocycles. The first-order valence-electron chi connectivity index (χ1n) is 8.10. The molecule has 0 bridgehead atoms. The lowest BCUT2D eigenvalue weighted by Gasteiger charge is -2.21. The van der Waals surface area contributed by atoms with E-state index in [1.165, 1.54) is 6.42 Å². The number of carbonyl (C=O) groups is 1. The number of benzene rings is 2. The molecule has 0 radical (unpaired) electrons. The molecule has 0 heterocycles. The summed E-state index contributed by atoms with van der Waals surface area (Å²) in [5.41, 5.74) is 2.31. The minimum atomic E-state index is 0.176. The second kappa shape index (κ2) is 7.26. The van der Waals surface area contributed by atoms with Crippen molar-refractivity contribution in [3.63, 3.8) is 0 Å². The molecule has 22 heavy (non-hydrogen) atoms. The van der Waals surface area contributed by atoms with Gasteiger partial charge in [-0.15, -0.1) is 0 Å². The van der Waals surface area contributed by atoms with Gasteiger partial charge in [0.05, 0.1) is 0 Å². The van der Waals surface area contributed by atoms with E-state index in [9.17, 15) is 4.79 Å². The first kappa shape index (κ1) is 14.8. The van der Waals surface area contributed by atoms with E-state index in [0.717, 1.165) is 42.6 Å². The van der Waals surface area contributed by atoms with E-state index in [1.807, 2.05) is 36.4 Å². The van der Waals surface area contributed by atoms with E-state index in [-0.39, 0.29) is 5.92 Å². The van der Waals surface area contributed by atoms with E-state index in [1.54, 1.807) is 0 Å². The average molecular weight is 294 g/mol. The lowest BCUT2D eigenvalue weighted by atomic mass is 9.83. The summed E-state index contributed by atoms with van der Waals surface area (Å²) in [6.07, 6.45) is 4.80. The number of rotatable bonds is 5. The normalized spacial score (nSPS) is 18.2. The maximum atomic E-state index is 12.0. The third-order valence-electron chi connectivity index (χ3n) is 4.36. The first-order valence-corrected chi connectivity index (χ1v) is 8.10. The van der Waals surface area contributed by atoms with Crippen LogP contribution in [0.25, 0.3) is 0 Å². The zero-order valence-corrected chi connectivity index (χ0v) is 12.8. The van der Waals surface area contributed by atoms with Crippen molar-refractivity contribution in [1.29, 1.82) is 0 Å². The largest absolute Gasteiger partial charge is 0.489 e. The van der Waals surface area contributed by atoms with Gasteiger partial charge in [0.15, 0.2) is 0 Å². The molecule has 2 aromatic rings. The lowest BCUT2D eigenvalue weighted by molar-refractivity contribution is -0.124. The molecule has 0 aliphatic heterocycles. The summed E-state index contributed by atoms with van der Waals surface area (Å²) < 4.78 is 5.99. The van der Waals surface area contributed by atoms with Crippen LogP contribution in [0, 0.1) is 5.92 Å². The van der Waals surface area contributed by atoms with Crippen molar-refractivity contribution in [3.05, 3.63) is 65.7 Å². The van der Waals surface area contributed by atoms with Gasteiger partial charge >= 0.3 is 0 Å². The highest BCUT2D eigenvalue weighted by molar-refractivity contribution is 5.82. The summed E-state index contributed by atoms with van der Waals surface area (Å²) >= 11 is 0. The molecule has 2 aromatic carbocycles. The number of hydrogen-bond donors (Lipinski definition) is 0. The Kier molecular flexibility index (Phi) is 4.89. The van der Waals surface area contributed by atoms with Gasteiger partial charge in [-0.1, -0.05) is 55.0 Å². The van der Waals surface area contributed by atoms with Crippen LogP contribution in [0.1, 0.15) is 36.8 Å². The molecular formula is C20H22O2. The number of ether oxygens (including phenoxy) is 1. The van der Waals surface area contributed by atoms with Crippen molar-refractivity contribution in [3.8, 4) is 5.75 Å². The molecule has 1 saturated carbocycles. The van der Waals surface area contributed by atoms with Gasteiger partial charge < -0.3 is 4.74 Å². The van der Waals surface area contributed by atoms with Crippen molar-refractivity contribution in [2.24, 2.45) is 5.92 Å². The van der Waals surface area contributed by atoms with Gasteiger partial charge in [0.25, 0.3) is 0 Å². The SMILES string of the molecule is O=C1CCCCC1Cc1ccccc1OCc1ccccc1. The van der Waals surface area contributed by atoms with Crippen molar-refractivity contribution in [2.75, 3.05) is 0 Å². The van der Waals surface area contributed by atoms with Gasteiger partial charge in [-0.25, -0.2) is 0 Å². The molecule has 3 rings (SSSR count). The second-order valence-electron chi connectivity index (χ2n) is 6.00. The highest BCUT2D eigenvalue weighted by atomic mass is 16.5. The van der Waals surface area contributed by atoms with Crippen LogP contribution in [0.5, 0.6) is 5.75 Å². The molecule has 2 heteroatoms. The van der Waals surface area contributed by atoms with Crippen LogP contribution in [0.3, 0.4) is 0 Å². The maximum absolute atomic E-state index is 12.0. The predicted octanol–water partition coefficient (Wildman–Crippen LogP) is 4.57. The first-order chi connectivity index (χ1) is 10.8. The molecule has 0 amide bonds. The van der Waals surface area contributed by atoms with Gasteiger partial charge in [0.2, 0.25) is 0 Å². The molecule has 1 aliphatic rings. The molecular weight excluding hydrogens is 272 g/mol. The number of Topliss-reactive ketones (excluding diaryl/α,β-unsaturated/α-hetero) is 1. The Labute approximate surface area is 132 Å². The zero-order valence-electron chi connectivity index (χ0n) is 12.8. The third-order valence-corrected chi connectivity index (χ3v) is 4.36. The quantitative estimate of drug-likeness (QED) is 0.807. The molecule has 1 aliphatic carbocycles. The monoisotopic (exact) mass is 294 g/mol. The Bertz CT molecular complexity index is 619. The Morgan fingerprint density at radius 2 is 1.73 bits per heavy atom. The minimum absolute atomic E-state index is 0.176. The van der Waals surface area contributed by atoms with Crippen LogP contribution in [-0.2, 0) is 17.8 Å². The van der Waals surface area contributed by atoms with Crippen LogP contribution < -0.4 is 4.74 Å². The highest BCUT2D eigenvalue weighted by Crippen LogP contribution is 2.28. The smallest absolute Gasteiger partial charge is 0.136 e. The van der Waals surface area contributed by atoms with Crippen molar-refractivity contribution in [1.82, 2.24) is 0 Å². The fourth-order valence-electron chi connectivity index (χ4n) is 3.09. The zero-order chi connectivity index (χ0) is 15.2. The number of carbonyl (C=O) groups excluding carboxylic acids is 1. The Morgan fingerprint density at radius 3 is 2.55 bits per heavy atom. The molecule has 0 spiro atoms. The summed E-state index contributed by atoms with van der Waals surface area (Å²) in [5, 5.41) is 0. The topological polar surface area (TPSA) is 26.3 Å². The fourth-order valence-corrected chi connectivity index (χ4v) is 3.09. The van der Waals surface area contributed by atoms with Crippen LogP contribution >= 0.6 is 0 Å². The number of ketones is 1. The number of hydrogen-bond acceptors (Lipinski definition) is 2. The van der Waals surface area contributed by atoms with E-state index < -0.39 is 0 Å². The molecule has 0 N–H and O–H groups in total. The van der Waals surface area contributed by atoms with Gasteiger partial charge in [0, 0.05) is 12.3 Å². The molecule has 2 nitrogen and oxygen atoms in total. The summed E-state index contributed by atoms with van der Waals surface area (Å²) in [6, 6.07) is 18.3. The van der Waals surface area contributed by atoms with E-state index in [0.29, 0.717) is 12.4 Å². The molecule has 1 atom stereocenters. The van der Waals surface area contributed by atoms with Crippen molar-refractivity contribution in [2.45, 2.75) is 38.7 Å². The highest BCUT2D eigenvalue weighted by Gasteiger charge is 2.23. The number of para-hydroxylation sites is 1. The van der Waals surface area contributed by atoms with E-state index in [4.69, 9.17) is 4.74 Å². The molecule has 1 unspecified atom stereocenters. The lowest BCUT2D eigenvalue weighted by Crippen LogP contribution is -2.21. The van der Waals surface area contributed by atoms with Gasteiger partial charge in [-0.3, -0.25) is 4.79 Å². The van der Waals surface area contributed by atoms with Crippen LogP contribution in [0.4, 0.5) is 0 Å². The van der Waals surface area contributed by atoms with Gasteiger partial charge in [-0.2, -0.15) is 0 Å². The summed E-state index contributed by atoms with van der Waals surface area (Å²) in [6.45, 7) is 0.566. The van der Waals surface area contributed by atoms with Gasteiger partial charge in [0.1, 0.15) is 18.1 Å². The fraction of sp³-hybridized carbons (Fsp3) is 0.350. The third kappa shape index (κ3) is 3.76. The predicted molar refractivity (Wildman–Crippen MR) is 87.9 cm³/mol. The van der Waals surface area contributed by atoms with Crippen molar-refractivity contribution < 1.29 is 9.53 Å².